The molecular formula is C15H9Cl3N2OS. The summed E-state index contributed by atoms with van der Waals surface area (Å²) in [4.78, 5) is 14.6. The predicted molar refractivity (Wildman–Crippen MR) is 95.9 cm³/mol. The minimum Gasteiger partial charge on any atom is -0.348 e. The molecule has 0 unspecified atom stereocenters. The van der Waals surface area contributed by atoms with Gasteiger partial charge < -0.3 is 5.32 Å². The molecule has 0 fully saturated rings. The lowest BCUT2D eigenvalue weighted by atomic mass is 10.2. The number of halogens is 3. The van der Waals surface area contributed by atoms with Crippen LogP contribution in [0, 0.1) is 0 Å². The summed E-state index contributed by atoms with van der Waals surface area (Å²) in [6, 6.07) is 10.2. The summed E-state index contributed by atoms with van der Waals surface area (Å²) >= 11 is 23.5. The number of amides is 1. The Labute approximate surface area is 147 Å². The van der Waals surface area contributed by atoms with E-state index in [1.165, 1.54) is 4.90 Å². The van der Waals surface area contributed by atoms with Crippen LogP contribution in [0.15, 0.2) is 36.4 Å². The van der Waals surface area contributed by atoms with Gasteiger partial charge in [-0.1, -0.05) is 47.0 Å². The molecule has 3 nitrogen and oxygen atoms in total. The number of carbonyl (C=O) groups excluding carboxylic acids is 1. The summed E-state index contributed by atoms with van der Waals surface area (Å²) in [6.07, 6.45) is 0.0839. The highest BCUT2D eigenvalue weighted by molar-refractivity contribution is 7.80. The molecule has 0 aliphatic carbocycles. The van der Waals surface area contributed by atoms with Crippen LogP contribution >= 0.6 is 47.0 Å². The van der Waals surface area contributed by atoms with Crippen LogP contribution < -0.4 is 10.2 Å². The average molecular weight is 372 g/mol. The van der Waals surface area contributed by atoms with E-state index in [2.05, 4.69) is 5.32 Å². The molecule has 2 aromatic rings. The van der Waals surface area contributed by atoms with Crippen molar-refractivity contribution in [1.82, 2.24) is 0 Å². The number of thiocarbonyl (C=S) groups is 1. The normalized spacial score (nSPS) is 14.4. The number of nitrogens with one attached hydrogen (secondary N) is 1. The molecule has 1 heterocycles. The van der Waals surface area contributed by atoms with Crippen molar-refractivity contribution in [2.45, 2.75) is 6.42 Å². The van der Waals surface area contributed by atoms with Gasteiger partial charge in [-0.15, -0.1) is 0 Å². The molecule has 1 N–H and O–H groups in total. The maximum absolute atomic E-state index is 12.6. The van der Waals surface area contributed by atoms with E-state index in [0.29, 0.717) is 37.1 Å². The first kappa shape index (κ1) is 15.6. The quantitative estimate of drug-likeness (QED) is 0.676. The van der Waals surface area contributed by atoms with Crippen molar-refractivity contribution in [2.75, 3.05) is 10.2 Å². The second-order valence-corrected chi connectivity index (χ2v) is 6.48. The Balaban J connectivity index is 2.22. The molecule has 0 aromatic heterocycles. The van der Waals surface area contributed by atoms with Crippen molar-refractivity contribution < 1.29 is 4.79 Å². The van der Waals surface area contributed by atoms with Gasteiger partial charge in [0.2, 0.25) is 5.91 Å². The van der Waals surface area contributed by atoms with Crippen molar-refractivity contribution in [3.05, 3.63) is 51.5 Å². The molecule has 0 atom stereocenters. The third-order valence-corrected chi connectivity index (χ3v) is 4.21. The SMILES string of the molecule is O=C1CC(=S)Nc2ccc(Cl)cc2N1c1ccc(Cl)cc1Cl. The Morgan fingerprint density at radius 3 is 2.41 bits per heavy atom. The van der Waals surface area contributed by atoms with E-state index in [9.17, 15) is 4.79 Å². The topological polar surface area (TPSA) is 32.3 Å². The Kier molecular flexibility index (Phi) is 4.28. The van der Waals surface area contributed by atoms with Crippen LogP contribution in [0.4, 0.5) is 17.1 Å². The van der Waals surface area contributed by atoms with Crippen LogP contribution in [0.2, 0.25) is 15.1 Å². The third-order valence-electron chi connectivity index (χ3n) is 3.19. The second kappa shape index (κ2) is 6.05. The summed E-state index contributed by atoms with van der Waals surface area (Å²) in [7, 11) is 0. The van der Waals surface area contributed by atoms with Crippen LogP contribution in [0.1, 0.15) is 6.42 Å². The van der Waals surface area contributed by atoms with E-state index in [1.807, 2.05) is 0 Å². The van der Waals surface area contributed by atoms with E-state index in [-0.39, 0.29) is 12.3 Å². The summed E-state index contributed by atoms with van der Waals surface area (Å²) < 4.78 is 0. The van der Waals surface area contributed by atoms with E-state index >= 15 is 0 Å². The lowest BCUT2D eigenvalue weighted by Crippen LogP contribution is -2.26. The molecule has 0 radical (unpaired) electrons. The summed E-state index contributed by atoms with van der Waals surface area (Å²) in [5, 5.41) is 4.43. The minimum atomic E-state index is -0.192. The second-order valence-electron chi connectivity index (χ2n) is 4.71. The van der Waals surface area contributed by atoms with Gasteiger partial charge in [-0.25, -0.2) is 0 Å². The number of hydrogen-bond acceptors (Lipinski definition) is 2. The summed E-state index contributed by atoms with van der Waals surface area (Å²) in [5.41, 5.74) is 1.83. The van der Waals surface area contributed by atoms with Crippen LogP contribution in [-0.4, -0.2) is 10.9 Å². The monoisotopic (exact) mass is 370 g/mol. The number of hydrogen-bond donors (Lipinski definition) is 1. The fraction of sp³-hybridized carbons (Fsp3) is 0.0667. The molecule has 2 aromatic carbocycles. The van der Waals surface area contributed by atoms with Crippen molar-refractivity contribution in [3.8, 4) is 0 Å². The number of nitrogens with zero attached hydrogens (tertiary/aromatic N) is 1. The van der Waals surface area contributed by atoms with Crippen LogP contribution in [-0.2, 0) is 4.79 Å². The van der Waals surface area contributed by atoms with Gasteiger partial charge in [-0.3, -0.25) is 9.69 Å². The first-order valence-electron chi connectivity index (χ1n) is 6.33. The van der Waals surface area contributed by atoms with Gasteiger partial charge in [-0.2, -0.15) is 0 Å². The first-order chi connectivity index (χ1) is 10.5. The van der Waals surface area contributed by atoms with E-state index < -0.39 is 0 Å². The number of fused-ring (bicyclic) bond motifs is 1. The van der Waals surface area contributed by atoms with Crippen molar-refractivity contribution in [2.24, 2.45) is 0 Å². The van der Waals surface area contributed by atoms with Crippen LogP contribution in [0.3, 0.4) is 0 Å². The first-order valence-corrected chi connectivity index (χ1v) is 7.87. The van der Waals surface area contributed by atoms with Gasteiger partial charge >= 0.3 is 0 Å². The minimum absolute atomic E-state index is 0.0839. The van der Waals surface area contributed by atoms with Gasteiger partial charge in [0.25, 0.3) is 0 Å². The predicted octanol–water partition coefficient (Wildman–Crippen LogP) is 5.45. The molecule has 0 saturated carbocycles. The number of carbonyl (C=O) groups is 1. The van der Waals surface area contributed by atoms with Gasteiger partial charge in [0.15, 0.2) is 0 Å². The van der Waals surface area contributed by atoms with Crippen LogP contribution in [0.5, 0.6) is 0 Å². The van der Waals surface area contributed by atoms with E-state index in [4.69, 9.17) is 47.0 Å². The van der Waals surface area contributed by atoms with Crippen molar-refractivity contribution in [3.63, 3.8) is 0 Å². The number of rotatable bonds is 1. The van der Waals surface area contributed by atoms with Crippen molar-refractivity contribution in [1.29, 1.82) is 0 Å². The number of benzene rings is 2. The lowest BCUT2D eigenvalue weighted by Gasteiger charge is -2.23. The van der Waals surface area contributed by atoms with Gasteiger partial charge in [-0.05, 0) is 36.4 Å². The molecular weight excluding hydrogens is 363 g/mol. The average Bonchev–Trinajstić information content (AvgIpc) is 2.55. The Bertz CT molecular complexity index is 794. The third kappa shape index (κ3) is 2.92. The fourth-order valence-electron chi connectivity index (χ4n) is 2.27. The Morgan fingerprint density at radius 2 is 1.68 bits per heavy atom. The standard InChI is InChI=1S/C15H9Cl3N2OS/c16-8-2-4-12(10(18)5-8)20-13-6-9(17)1-3-11(13)19-14(22)7-15(20)21/h1-6H,7H2,(H,19,22). The lowest BCUT2D eigenvalue weighted by molar-refractivity contribution is -0.116. The molecule has 1 amide bonds. The van der Waals surface area contributed by atoms with E-state index in [0.717, 1.165) is 0 Å². The molecule has 1 aliphatic heterocycles. The smallest absolute Gasteiger partial charge is 0.238 e. The fourth-order valence-corrected chi connectivity index (χ4v) is 3.16. The molecule has 22 heavy (non-hydrogen) atoms. The molecule has 112 valence electrons. The molecule has 0 saturated heterocycles. The van der Waals surface area contributed by atoms with Gasteiger partial charge in [0, 0.05) is 10.0 Å². The molecule has 3 rings (SSSR count). The maximum atomic E-state index is 12.6. The number of anilines is 3. The zero-order chi connectivity index (χ0) is 15.9. The summed E-state index contributed by atoms with van der Waals surface area (Å²) in [5.74, 6) is -0.192. The highest BCUT2D eigenvalue weighted by Gasteiger charge is 2.27. The molecule has 1 aliphatic rings. The van der Waals surface area contributed by atoms with Gasteiger partial charge in [0.1, 0.15) is 0 Å². The highest BCUT2D eigenvalue weighted by atomic mass is 35.5. The van der Waals surface area contributed by atoms with Crippen molar-refractivity contribution >= 4 is 75.0 Å². The van der Waals surface area contributed by atoms with Gasteiger partial charge in [0.05, 0.1) is 33.5 Å². The largest absolute Gasteiger partial charge is 0.348 e. The Hall–Kier alpha value is -1.33. The highest BCUT2D eigenvalue weighted by Crippen LogP contribution is 2.40. The molecule has 0 spiro atoms. The maximum Gasteiger partial charge on any atom is 0.238 e. The van der Waals surface area contributed by atoms with E-state index in [1.54, 1.807) is 36.4 Å². The zero-order valence-electron chi connectivity index (χ0n) is 11.1. The summed E-state index contributed by atoms with van der Waals surface area (Å²) in [6.45, 7) is 0. The zero-order valence-corrected chi connectivity index (χ0v) is 14.2. The Morgan fingerprint density at radius 1 is 1.00 bits per heavy atom. The van der Waals surface area contributed by atoms with Crippen LogP contribution in [0.25, 0.3) is 0 Å². The molecule has 7 heteroatoms. The molecule has 0 bridgehead atoms.